The standard InChI is InChI=1S/C8H14N4O2S/c1-2-5-11-15(13,14)7-4-3-6-10-8(7)12-9/h3-4,6,11H,2,5,9H2,1H3,(H,10,12). The molecule has 0 aliphatic carbocycles. The SMILES string of the molecule is CCCNS(=O)(=O)c1cccnc1NN. The Bertz CT molecular complexity index is 418. The highest BCUT2D eigenvalue weighted by molar-refractivity contribution is 7.89. The van der Waals surface area contributed by atoms with E-state index < -0.39 is 10.0 Å². The predicted octanol–water partition coefficient (Wildman–Crippen LogP) is 0.0555. The van der Waals surface area contributed by atoms with E-state index in [1.165, 1.54) is 12.3 Å². The first-order valence-corrected chi connectivity index (χ1v) is 6.01. The van der Waals surface area contributed by atoms with Crippen LogP contribution in [0, 0.1) is 0 Å². The van der Waals surface area contributed by atoms with Crippen LogP contribution in [0.4, 0.5) is 5.82 Å². The molecule has 1 rings (SSSR count). The quantitative estimate of drug-likeness (QED) is 0.490. The van der Waals surface area contributed by atoms with Gasteiger partial charge in [-0.1, -0.05) is 6.92 Å². The molecule has 0 saturated heterocycles. The lowest BCUT2D eigenvalue weighted by Gasteiger charge is -2.08. The molecule has 0 aliphatic rings. The van der Waals surface area contributed by atoms with Gasteiger partial charge in [0.1, 0.15) is 4.90 Å². The van der Waals surface area contributed by atoms with E-state index in [9.17, 15) is 8.42 Å². The van der Waals surface area contributed by atoms with Crippen LogP contribution in [-0.2, 0) is 10.0 Å². The maximum absolute atomic E-state index is 11.7. The smallest absolute Gasteiger partial charge is 0.244 e. The molecule has 1 aromatic rings. The van der Waals surface area contributed by atoms with E-state index in [-0.39, 0.29) is 10.7 Å². The van der Waals surface area contributed by atoms with Crippen molar-refractivity contribution in [3.05, 3.63) is 18.3 Å². The number of hydrogen-bond acceptors (Lipinski definition) is 5. The summed E-state index contributed by atoms with van der Waals surface area (Å²) in [5, 5.41) is 0. The zero-order chi connectivity index (χ0) is 11.3. The Balaban J connectivity index is 3.04. The number of nitrogens with two attached hydrogens (primary N) is 1. The highest BCUT2D eigenvalue weighted by atomic mass is 32.2. The van der Waals surface area contributed by atoms with Gasteiger partial charge in [0.25, 0.3) is 0 Å². The minimum atomic E-state index is -3.52. The molecule has 0 aromatic carbocycles. The molecule has 6 nitrogen and oxygen atoms in total. The predicted molar refractivity (Wildman–Crippen MR) is 57.5 cm³/mol. The molecule has 0 saturated carbocycles. The molecule has 1 heterocycles. The molecule has 1 aromatic heterocycles. The Hall–Kier alpha value is -1.18. The van der Waals surface area contributed by atoms with Crippen molar-refractivity contribution in [2.75, 3.05) is 12.0 Å². The third-order valence-corrected chi connectivity index (χ3v) is 3.23. The lowest BCUT2D eigenvalue weighted by atomic mass is 10.5. The molecule has 0 amide bonds. The zero-order valence-electron chi connectivity index (χ0n) is 8.40. The molecule has 4 N–H and O–H groups in total. The fourth-order valence-electron chi connectivity index (χ4n) is 1.03. The van der Waals surface area contributed by atoms with Crippen LogP contribution in [0.3, 0.4) is 0 Å². The molecular weight excluding hydrogens is 216 g/mol. The van der Waals surface area contributed by atoms with Gasteiger partial charge in [0.05, 0.1) is 0 Å². The first-order chi connectivity index (χ1) is 7.11. The summed E-state index contributed by atoms with van der Waals surface area (Å²) in [4.78, 5) is 3.87. The van der Waals surface area contributed by atoms with Gasteiger partial charge in [-0.2, -0.15) is 0 Å². The molecular formula is C8H14N4O2S. The Morgan fingerprint density at radius 2 is 2.27 bits per heavy atom. The summed E-state index contributed by atoms with van der Waals surface area (Å²) in [6, 6.07) is 2.99. The van der Waals surface area contributed by atoms with Crippen molar-refractivity contribution < 1.29 is 8.42 Å². The second-order valence-corrected chi connectivity index (χ2v) is 4.63. The molecule has 84 valence electrons. The molecule has 0 radical (unpaired) electrons. The Labute approximate surface area is 88.9 Å². The van der Waals surface area contributed by atoms with Crippen LogP contribution >= 0.6 is 0 Å². The van der Waals surface area contributed by atoms with Crippen LogP contribution in [0.25, 0.3) is 0 Å². The van der Waals surface area contributed by atoms with Gasteiger partial charge in [-0.05, 0) is 18.6 Å². The van der Waals surface area contributed by atoms with Gasteiger partial charge in [0, 0.05) is 12.7 Å². The van der Waals surface area contributed by atoms with E-state index in [4.69, 9.17) is 5.84 Å². The van der Waals surface area contributed by atoms with Gasteiger partial charge in [0.2, 0.25) is 10.0 Å². The first-order valence-electron chi connectivity index (χ1n) is 4.53. The lowest BCUT2D eigenvalue weighted by molar-refractivity contribution is 0.580. The van der Waals surface area contributed by atoms with Crippen molar-refractivity contribution in [3.63, 3.8) is 0 Å². The second kappa shape index (κ2) is 5.06. The number of sulfonamides is 1. The number of pyridine rings is 1. The van der Waals surface area contributed by atoms with Crippen molar-refractivity contribution >= 4 is 15.8 Å². The van der Waals surface area contributed by atoms with Gasteiger partial charge < -0.3 is 5.43 Å². The van der Waals surface area contributed by atoms with Crippen LogP contribution in [0.1, 0.15) is 13.3 Å². The Morgan fingerprint density at radius 3 is 2.87 bits per heavy atom. The van der Waals surface area contributed by atoms with E-state index in [1.807, 2.05) is 6.92 Å². The summed E-state index contributed by atoms with van der Waals surface area (Å²) in [7, 11) is -3.52. The Morgan fingerprint density at radius 1 is 1.53 bits per heavy atom. The normalized spacial score (nSPS) is 11.3. The zero-order valence-corrected chi connectivity index (χ0v) is 9.21. The number of anilines is 1. The number of hydrazine groups is 1. The highest BCUT2D eigenvalue weighted by Gasteiger charge is 2.17. The Kier molecular flexibility index (Phi) is 4.01. The van der Waals surface area contributed by atoms with Crippen LogP contribution in [0.5, 0.6) is 0 Å². The number of nitrogens with one attached hydrogen (secondary N) is 2. The largest absolute Gasteiger partial charge is 0.307 e. The number of nitrogens with zero attached hydrogens (tertiary/aromatic N) is 1. The van der Waals surface area contributed by atoms with Gasteiger partial charge >= 0.3 is 0 Å². The van der Waals surface area contributed by atoms with Crippen LogP contribution < -0.4 is 16.0 Å². The number of nitrogen functional groups attached to an aromatic ring is 1. The van der Waals surface area contributed by atoms with E-state index in [0.717, 1.165) is 6.42 Å². The molecule has 7 heteroatoms. The third kappa shape index (κ3) is 2.88. The van der Waals surface area contributed by atoms with Gasteiger partial charge in [-0.3, -0.25) is 0 Å². The molecule has 0 spiro atoms. The molecule has 0 bridgehead atoms. The summed E-state index contributed by atoms with van der Waals surface area (Å²) in [5.74, 6) is 5.31. The van der Waals surface area contributed by atoms with Crippen molar-refractivity contribution in [3.8, 4) is 0 Å². The lowest BCUT2D eigenvalue weighted by Crippen LogP contribution is -2.26. The van der Waals surface area contributed by atoms with Gasteiger partial charge in [-0.15, -0.1) is 0 Å². The number of rotatable bonds is 5. The van der Waals surface area contributed by atoms with E-state index in [0.29, 0.717) is 6.54 Å². The van der Waals surface area contributed by atoms with Crippen molar-refractivity contribution in [2.24, 2.45) is 5.84 Å². The monoisotopic (exact) mass is 230 g/mol. The van der Waals surface area contributed by atoms with Crippen LogP contribution in [0.15, 0.2) is 23.2 Å². The maximum atomic E-state index is 11.7. The van der Waals surface area contributed by atoms with Crippen molar-refractivity contribution in [1.29, 1.82) is 0 Å². The molecule has 0 aliphatic heterocycles. The average molecular weight is 230 g/mol. The van der Waals surface area contributed by atoms with Crippen LogP contribution in [-0.4, -0.2) is 19.9 Å². The highest BCUT2D eigenvalue weighted by Crippen LogP contribution is 2.16. The molecule has 15 heavy (non-hydrogen) atoms. The minimum Gasteiger partial charge on any atom is -0.307 e. The minimum absolute atomic E-state index is 0.0564. The fourth-order valence-corrected chi connectivity index (χ4v) is 2.28. The third-order valence-electron chi connectivity index (χ3n) is 1.74. The summed E-state index contributed by atoms with van der Waals surface area (Å²) in [5.41, 5.74) is 2.25. The van der Waals surface area contributed by atoms with Gasteiger partial charge in [0.15, 0.2) is 5.82 Å². The van der Waals surface area contributed by atoms with Crippen molar-refractivity contribution in [2.45, 2.75) is 18.2 Å². The molecule has 0 fully saturated rings. The van der Waals surface area contributed by atoms with E-state index in [1.54, 1.807) is 6.07 Å². The first kappa shape index (κ1) is 11.9. The topological polar surface area (TPSA) is 97.1 Å². The van der Waals surface area contributed by atoms with Crippen molar-refractivity contribution in [1.82, 2.24) is 9.71 Å². The number of hydrogen-bond donors (Lipinski definition) is 3. The van der Waals surface area contributed by atoms with E-state index >= 15 is 0 Å². The summed E-state index contributed by atoms with van der Waals surface area (Å²) in [6.07, 6.45) is 2.19. The summed E-state index contributed by atoms with van der Waals surface area (Å²) >= 11 is 0. The summed E-state index contributed by atoms with van der Waals surface area (Å²) in [6.45, 7) is 2.27. The fraction of sp³-hybridized carbons (Fsp3) is 0.375. The average Bonchev–Trinajstić information content (AvgIpc) is 2.26. The summed E-state index contributed by atoms with van der Waals surface area (Å²) < 4.78 is 25.9. The van der Waals surface area contributed by atoms with Gasteiger partial charge in [-0.25, -0.2) is 24.0 Å². The van der Waals surface area contributed by atoms with Crippen LogP contribution in [0.2, 0.25) is 0 Å². The molecule has 0 unspecified atom stereocenters. The number of aromatic nitrogens is 1. The maximum Gasteiger partial charge on any atom is 0.244 e. The second-order valence-electron chi connectivity index (χ2n) is 2.89. The van der Waals surface area contributed by atoms with E-state index in [2.05, 4.69) is 15.1 Å². The molecule has 0 atom stereocenters.